The quantitative estimate of drug-likeness (QED) is 0.777. The number of nitriles is 1. The van der Waals surface area contributed by atoms with E-state index in [1.807, 2.05) is 38.1 Å². The number of benzene rings is 1. The molecule has 0 aliphatic heterocycles. The van der Waals surface area contributed by atoms with Gasteiger partial charge in [0.25, 0.3) is 0 Å². The maximum Gasteiger partial charge on any atom is 0.167 e. The summed E-state index contributed by atoms with van der Waals surface area (Å²) in [6.07, 6.45) is 3.34. The Labute approximate surface area is 141 Å². The normalized spacial score (nSPS) is 10.5. The molecule has 0 bridgehead atoms. The summed E-state index contributed by atoms with van der Waals surface area (Å²) >= 11 is 0. The Morgan fingerprint density at radius 2 is 1.88 bits per heavy atom. The fraction of sp³-hybridized carbons (Fsp3) is 0.263. The molecule has 1 aromatic carbocycles. The van der Waals surface area contributed by atoms with Crippen LogP contribution in [0.2, 0.25) is 0 Å². The lowest BCUT2D eigenvalue weighted by molar-refractivity contribution is 0.867. The molecule has 0 saturated heterocycles. The van der Waals surface area contributed by atoms with Gasteiger partial charge in [-0.1, -0.05) is 38.1 Å². The van der Waals surface area contributed by atoms with Crippen LogP contribution in [0.25, 0.3) is 10.8 Å². The minimum absolute atomic E-state index is 0.499. The number of anilines is 1. The number of nitrogens with zero attached hydrogens (tertiary/aromatic N) is 4. The van der Waals surface area contributed by atoms with Crippen LogP contribution in [0.4, 0.5) is 5.82 Å². The smallest absolute Gasteiger partial charge is 0.167 e. The van der Waals surface area contributed by atoms with Crippen LogP contribution in [0.3, 0.4) is 0 Å². The number of pyridine rings is 1. The van der Waals surface area contributed by atoms with E-state index in [2.05, 4.69) is 32.6 Å². The third kappa shape index (κ3) is 2.91. The highest BCUT2D eigenvalue weighted by Crippen LogP contribution is 2.22. The van der Waals surface area contributed by atoms with Crippen LogP contribution >= 0.6 is 0 Å². The van der Waals surface area contributed by atoms with E-state index < -0.39 is 0 Å². The highest BCUT2D eigenvalue weighted by Gasteiger charge is 2.14. The van der Waals surface area contributed by atoms with Gasteiger partial charge < -0.3 is 5.32 Å². The van der Waals surface area contributed by atoms with E-state index in [0.717, 1.165) is 40.6 Å². The van der Waals surface area contributed by atoms with Crippen molar-refractivity contribution < 1.29 is 0 Å². The van der Waals surface area contributed by atoms with Crippen molar-refractivity contribution in [1.82, 2.24) is 15.2 Å². The first-order valence-corrected chi connectivity index (χ1v) is 8.13. The molecule has 0 fully saturated rings. The van der Waals surface area contributed by atoms with Gasteiger partial charge in [-0.25, -0.2) is 0 Å². The van der Waals surface area contributed by atoms with Gasteiger partial charge in [0.15, 0.2) is 5.82 Å². The SMILES string of the molecule is CCc1nnc(NCc2nccc3ccccc23)c(C#N)c1CC. The van der Waals surface area contributed by atoms with Gasteiger partial charge in [0, 0.05) is 11.6 Å². The molecule has 120 valence electrons. The zero-order chi connectivity index (χ0) is 16.9. The van der Waals surface area contributed by atoms with Gasteiger partial charge >= 0.3 is 0 Å². The number of hydrogen-bond donors (Lipinski definition) is 1. The highest BCUT2D eigenvalue weighted by molar-refractivity contribution is 5.84. The molecule has 0 saturated carbocycles. The molecular formula is C19H19N5. The van der Waals surface area contributed by atoms with Crippen LogP contribution in [-0.2, 0) is 19.4 Å². The number of fused-ring (bicyclic) bond motifs is 1. The minimum Gasteiger partial charge on any atom is -0.362 e. The molecule has 5 nitrogen and oxygen atoms in total. The Morgan fingerprint density at radius 3 is 2.62 bits per heavy atom. The molecule has 0 unspecified atom stereocenters. The number of nitrogens with one attached hydrogen (secondary N) is 1. The van der Waals surface area contributed by atoms with Crippen LogP contribution in [0.1, 0.15) is 36.4 Å². The van der Waals surface area contributed by atoms with Crippen LogP contribution in [0.15, 0.2) is 36.5 Å². The molecule has 0 aliphatic rings. The second-order valence-electron chi connectivity index (χ2n) is 5.50. The molecule has 1 N–H and O–H groups in total. The maximum atomic E-state index is 9.55. The van der Waals surface area contributed by atoms with Crippen LogP contribution in [-0.4, -0.2) is 15.2 Å². The zero-order valence-electron chi connectivity index (χ0n) is 13.9. The van der Waals surface area contributed by atoms with Crippen molar-refractivity contribution >= 4 is 16.6 Å². The molecule has 3 aromatic rings. The van der Waals surface area contributed by atoms with E-state index in [1.54, 1.807) is 6.20 Å². The first kappa shape index (κ1) is 15.9. The van der Waals surface area contributed by atoms with E-state index in [4.69, 9.17) is 0 Å². The van der Waals surface area contributed by atoms with Gasteiger partial charge in [0.1, 0.15) is 11.6 Å². The van der Waals surface area contributed by atoms with E-state index in [9.17, 15) is 5.26 Å². The Balaban J connectivity index is 1.93. The molecule has 3 rings (SSSR count). The topological polar surface area (TPSA) is 74.5 Å². The summed E-state index contributed by atoms with van der Waals surface area (Å²) in [4.78, 5) is 4.46. The predicted molar refractivity (Wildman–Crippen MR) is 94.6 cm³/mol. The number of aromatic nitrogens is 3. The fourth-order valence-corrected chi connectivity index (χ4v) is 2.91. The third-order valence-electron chi connectivity index (χ3n) is 4.14. The van der Waals surface area contributed by atoms with Crippen molar-refractivity contribution in [1.29, 1.82) is 5.26 Å². The van der Waals surface area contributed by atoms with Crippen molar-refractivity contribution in [2.45, 2.75) is 33.2 Å². The molecule has 24 heavy (non-hydrogen) atoms. The van der Waals surface area contributed by atoms with Gasteiger partial charge in [-0.2, -0.15) is 10.4 Å². The summed E-state index contributed by atoms with van der Waals surface area (Å²) < 4.78 is 0. The molecule has 5 heteroatoms. The van der Waals surface area contributed by atoms with Gasteiger partial charge in [-0.3, -0.25) is 4.98 Å². The lowest BCUT2D eigenvalue weighted by Crippen LogP contribution is -2.10. The highest BCUT2D eigenvalue weighted by atomic mass is 15.2. The van der Waals surface area contributed by atoms with Gasteiger partial charge in [0.05, 0.1) is 17.9 Å². The lowest BCUT2D eigenvalue weighted by atomic mass is 10.0. The first-order valence-electron chi connectivity index (χ1n) is 8.13. The van der Waals surface area contributed by atoms with E-state index in [-0.39, 0.29) is 0 Å². The Kier molecular flexibility index (Phi) is 4.66. The molecular weight excluding hydrogens is 298 g/mol. The fourth-order valence-electron chi connectivity index (χ4n) is 2.91. The van der Waals surface area contributed by atoms with Crippen molar-refractivity contribution in [3.8, 4) is 6.07 Å². The van der Waals surface area contributed by atoms with Gasteiger partial charge in [0.2, 0.25) is 0 Å². The summed E-state index contributed by atoms with van der Waals surface area (Å²) in [7, 11) is 0. The third-order valence-corrected chi connectivity index (χ3v) is 4.14. The summed E-state index contributed by atoms with van der Waals surface area (Å²) in [6, 6.07) is 12.4. The van der Waals surface area contributed by atoms with Gasteiger partial charge in [-0.05, 0) is 29.9 Å². The number of hydrogen-bond acceptors (Lipinski definition) is 5. The Morgan fingerprint density at radius 1 is 1.04 bits per heavy atom. The van der Waals surface area contributed by atoms with Crippen molar-refractivity contribution in [3.63, 3.8) is 0 Å². The zero-order valence-corrected chi connectivity index (χ0v) is 13.9. The van der Waals surface area contributed by atoms with E-state index in [1.165, 1.54) is 0 Å². The second-order valence-corrected chi connectivity index (χ2v) is 5.50. The molecule has 2 aromatic heterocycles. The number of rotatable bonds is 5. The van der Waals surface area contributed by atoms with E-state index >= 15 is 0 Å². The van der Waals surface area contributed by atoms with Crippen molar-refractivity contribution in [2.24, 2.45) is 0 Å². The molecule has 0 aliphatic carbocycles. The van der Waals surface area contributed by atoms with Crippen molar-refractivity contribution in [3.05, 3.63) is 59.0 Å². The molecule has 0 amide bonds. The van der Waals surface area contributed by atoms with E-state index in [0.29, 0.717) is 17.9 Å². The van der Waals surface area contributed by atoms with Crippen LogP contribution in [0, 0.1) is 11.3 Å². The summed E-state index contributed by atoms with van der Waals surface area (Å²) in [5, 5.41) is 23.5. The average Bonchev–Trinajstić information content (AvgIpc) is 2.65. The maximum absolute atomic E-state index is 9.55. The summed E-state index contributed by atoms with van der Waals surface area (Å²) in [6.45, 7) is 4.56. The summed E-state index contributed by atoms with van der Waals surface area (Å²) in [5.74, 6) is 0.529. The Bertz CT molecular complexity index is 906. The molecule has 0 atom stereocenters. The molecule has 0 spiro atoms. The lowest BCUT2D eigenvalue weighted by Gasteiger charge is -2.12. The van der Waals surface area contributed by atoms with Crippen LogP contribution < -0.4 is 5.32 Å². The predicted octanol–water partition coefficient (Wildman–Crippen LogP) is 3.63. The number of aryl methyl sites for hydroxylation is 1. The van der Waals surface area contributed by atoms with Crippen LogP contribution in [0.5, 0.6) is 0 Å². The first-order chi connectivity index (χ1) is 11.8. The average molecular weight is 317 g/mol. The minimum atomic E-state index is 0.499. The van der Waals surface area contributed by atoms with Crippen molar-refractivity contribution in [2.75, 3.05) is 5.32 Å². The van der Waals surface area contributed by atoms with Gasteiger partial charge in [-0.15, -0.1) is 5.10 Å². The Hall–Kier alpha value is -3.00. The second kappa shape index (κ2) is 7.05. The summed E-state index contributed by atoms with van der Waals surface area (Å²) in [5.41, 5.74) is 3.38. The molecule has 0 radical (unpaired) electrons. The monoisotopic (exact) mass is 317 g/mol. The standard InChI is InChI=1S/C19H19N5/c1-3-14-16(11-20)19(24-23-17(14)4-2)22-12-18-15-8-6-5-7-13(15)9-10-21-18/h5-10H,3-4,12H2,1-2H3,(H,22,24). The molecule has 2 heterocycles. The largest absolute Gasteiger partial charge is 0.362 e.